The van der Waals surface area contributed by atoms with E-state index in [9.17, 15) is 10.5 Å². The molecule has 19 heavy (non-hydrogen) atoms. The second-order valence-electron chi connectivity index (χ2n) is 4.26. The van der Waals surface area contributed by atoms with Crippen LogP contribution in [0.25, 0.3) is 0 Å². The third kappa shape index (κ3) is 2.10. The number of thiocarbonyl (C=S) groups is 1. The van der Waals surface area contributed by atoms with E-state index in [2.05, 4.69) is 12.1 Å². The molecular weight excluding hydrogens is 256 g/mol. The Balaban J connectivity index is 2.57. The molecular formula is C14H12N4S. The van der Waals surface area contributed by atoms with Crippen molar-refractivity contribution < 1.29 is 0 Å². The Bertz CT molecular complexity index is 621. The van der Waals surface area contributed by atoms with E-state index in [-0.39, 0.29) is 0 Å². The minimum atomic E-state index is -0.635. The first-order valence-electron chi connectivity index (χ1n) is 5.76. The van der Waals surface area contributed by atoms with Gasteiger partial charge in [-0.05, 0) is 24.6 Å². The van der Waals surface area contributed by atoms with Crippen LogP contribution in [0, 0.1) is 28.6 Å². The van der Waals surface area contributed by atoms with E-state index in [1.807, 2.05) is 30.3 Å². The summed E-state index contributed by atoms with van der Waals surface area (Å²) in [6.45, 7) is 1.74. The second kappa shape index (κ2) is 5.19. The Morgan fingerprint density at radius 3 is 2.42 bits per heavy atom. The monoisotopic (exact) mass is 268 g/mol. The van der Waals surface area contributed by atoms with E-state index in [1.54, 1.807) is 11.8 Å². The van der Waals surface area contributed by atoms with Gasteiger partial charge in [0.1, 0.15) is 17.1 Å². The van der Waals surface area contributed by atoms with Gasteiger partial charge in [-0.2, -0.15) is 10.5 Å². The van der Waals surface area contributed by atoms with Gasteiger partial charge in [-0.25, -0.2) is 0 Å². The van der Waals surface area contributed by atoms with Crippen molar-refractivity contribution in [3.05, 3.63) is 41.5 Å². The predicted molar refractivity (Wildman–Crippen MR) is 76.9 cm³/mol. The third-order valence-electron chi connectivity index (χ3n) is 3.20. The van der Waals surface area contributed by atoms with E-state index in [0.29, 0.717) is 16.1 Å². The van der Waals surface area contributed by atoms with E-state index in [4.69, 9.17) is 18.0 Å². The molecule has 4 nitrogen and oxygen atoms in total. The van der Waals surface area contributed by atoms with E-state index in [1.165, 1.54) is 0 Å². The number of nitrogens with two attached hydrogens (primary N) is 1. The van der Waals surface area contributed by atoms with Crippen LogP contribution in [0.15, 0.2) is 41.5 Å². The van der Waals surface area contributed by atoms with Gasteiger partial charge in [-0.15, -0.1) is 0 Å². The molecule has 1 aliphatic heterocycles. The summed E-state index contributed by atoms with van der Waals surface area (Å²) < 4.78 is 0. The normalized spacial score (nSPS) is 22.9. The van der Waals surface area contributed by atoms with Crippen LogP contribution in [-0.2, 0) is 0 Å². The first-order chi connectivity index (χ1) is 9.11. The van der Waals surface area contributed by atoms with E-state index < -0.39 is 12.1 Å². The lowest BCUT2D eigenvalue weighted by Gasteiger charge is -2.37. The van der Waals surface area contributed by atoms with Crippen molar-refractivity contribution in [3.8, 4) is 12.1 Å². The fraction of sp³-hybridized carbons (Fsp3) is 0.214. The smallest absolute Gasteiger partial charge is 0.119 e. The molecule has 0 radical (unpaired) electrons. The standard InChI is InChI=1S/C14H12N4S/c1-9-11(7-15)13(17)18(14(19)12(9)8-16)10-5-3-2-4-6-10/h2-6,12-13H,17H2,1H3. The molecule has 1 aliphatic rings. The van der Waals surface area contributed by atoms with Crippen LogP contribution in [0.3, 0.4) is 0 Å². The highest BCUT2D eigenvalue weighted by Gasteiger charge is 2.36. The summed E-state index contributed by atoms with van der Waals surface area (Å²) in [5.74, 6) is -0.579. The Morgan fingerprint density at radius 2 is 1.89 bits per heavy atom. The van der Waals surface area contributed by atoms with Crippen LogP contribution >= 0.6 is 12.2 Å². The Labute approximate surface area is 117 Å². The molecule has 0 fully saturated rings. The zero-order valence-corrected chi connectivity index (χ0v) is 11.2. The molecule has 1 aromatic carbocycles. The van der Waals surface area contributed by atoms with Crippen molar-refractivity contribution in [3.63, 3.8) is 0 Å². The van der Waals surface area contributed by atoms with Crippen LogP contribution in [0.2, 0.25) is 0 Å². The lowest BCUT2D eigenvalue weighted by atomic mass is 9.90. The number of nitriles is 2. The molecule has 1 heterocycles. The van der Waals surface area contributed by atoms with E-state index in [0.717, 1.165) is 5.69 Å². The summed E-state index contributed by atoms with van der Waals surface area (Å²) in [5, 5.41) is 18.5. The molecule has 1 aromatic rings. The van der Waals surface area contributed by atoms with Gasteiger partial charge in [-0.1, -0.05) is 30.4 Å². The molecule has 0 bridgehead atoms. The van der Waals surface area contributed by atoms with Crippen LogP contribution in [-0.4, -0.2) is 11.2 Å². The second-order valence-corrected chi connectivity index (χ2v) is 4.68. The van der Waals surface area contributed by atoms with Gasteiger partial charge in [0.05, 0.1) is 17.7 Å². The van der Waals surface area contributed by atoms with Crippen LogP contribution in [0.1, 0.15) is 6.92 Å². The number of hydrogen-bond acceptors (Lipinski definition) is 4. The first kappa shape index (κ1) is 13.2. The maximum absolute atomic E-state index is 9.25. The van der Waals surface area contributed by atoms with Crippen LogP contribution < -0.4 is 10.6 Å². The Hall–Kier alpha value is -2.21. The quantitative estimate of drug-likeness (QED) is 0.789. The molecule has 0 spiro atoms. The van der Waals surface area contributed by atoms with Crippen LogP contribution in [0.5, 0.6) is 0 Å². The van der Waals surface area contributed by atoms with Gasteiger partial charge in [-0.3, -0.25) is 0 Å². The zero-order chi connectivity index (χ0) is 14.0. The van der Waals surface area contributed by atoms with Crippen molar-refractivity contribution in [2.75, 3.05) is 4.90 Å². The lowest BCUT2D eigenvalue weighted by Crippen LogP contribution is -2.52. The largest absolute Gasteiger partial charge is 0.314 e. The molecule has 5 heteroatoms. The molecule has 2 atom stereocenters. The van der Waals surface area contributed by atoms with Crippen molar-refractivity contribution in [2.45, 2.75) is 13.1 Å². The zero-order valence-electron chi connectivity index (χ0n) is 10.4. The Morgan fingerprint density at radius 1 is 1.26 bits per heavy atom. The number of para-hydroxylation sites is 1. The average Bonchev–Trinajstić information content (AvgIpc) is 2.41. The Kier molecular flexibility index (Phi) is 3.62. The predicted octanol–water partition coefficient (Wildman–Crippen LogP) is 2.10. The molecule has 0 saturated heterocycles. The summed E-state index contributed by atoms with van der Waals surface area (Å²) in [5.41, 5.74) is 7.96. The van der Waals surface area contributed by atoms with Crippen molar-refractivity contribution >= 4 is 22.9 Å². The fourth-order valence-electron chi connectivity index (χ4n) is 2.16. The number of hydrogen-bond donors (Lipinski definition) is 1. The van der Waals surface area contributed by atoms with Crippen molar-refractivity contribution in [2.24, 2.45) is 11.7 Å². The lowest BCUT2D eigenvalue weighted by molar-refractivity contribution is 0.751. The number of nitrogens with zero attached hydrogens (tertiary/aromatic N) is 3. The van der Waals surface area contributed by atoms with Crippen molar-refractivity contribution in [1.29, 1.82) is 10.5 Å². The molecule has 94 valence electrons. The summed E-state index contributed by atoms with van der Waals surface area (Å²) in [7, 11) is 0. The average molecular weight is 268 g/mol. The highest BCUT2D eigenvalue weighted by atomic mass is 32.1. The molecule has 2 rings (SSSR count). The summed E-state index contributed by atoms with van der Waals surface area (Å²) in [4.78, 5) is 2.12. The summed E-state index contributed by atoms with van der Waals surface area (Å²) in [6, 6.07) is 13.6. The fourth-order valence-corrected chi connectivity index (χ4v) is 2.61. The minimum absolute atomic E-state index is 0.406. The third-order valence-corrected chi connectivity index (χ3v) is 3.63. The maximum Gasteiger partial charge on any atom is 0.119 e. The molecule has 0 aromatic heterocycles. The molecule has 0 amide bonds. The number of rotatable bonds is 1. The van der Waals surface area contributed by atoms with Gasteiger partial charge >= 0.3 is 0 Å². The number of benzene rings is 1. The molecule has 0 aliphatic carbocycles. The number of anilines is 1. The minimum Gasteiger partial charge on any atom is -0.314 e. The topological polar surface area (TPSA) is 76.8 Å². The van der Waals surface area contributed by atoms with Gasteiger partial charge in [0.25, 0.3) is 0 Å². The maximum atomic E-state index is 9.25. The molecule has 0 saturated carbocycles. The van der Waals surface area contributed by atoms with Gasteiger partial charge in [0, 0.05) is 5.69 Å². The van der Waals surface area contributed by atoms with E-state index >= 15 is 0 Å². The summed E-state index contributed by atoms with van der Waals surface area (Å²) in [6.07, 6.45) is -0.635. The molecule has 2 N–H and O–H groups in total. The van der Waals surface area contributed by atoms with Gasteiger partial charge in [0.2, 0.25) is 0 Å². The van der Waals surface area contributed by atoms with Crippen LogP contribution in [0.4, 0.5) is 5.69 Å². The highest BCUT2D eigenvalue weighted by molar-refractivity contribution is 7.80. The summed E-state index contributed by atoms with van der Waals surface area (Å²) >= 11 is 5.36. The van der Waals surface area contributed by atoms with Crippen molar-refractivity contribution in [1.82, 2.24) is 0 Å². The molecule has 2 unspecified atom stereocenters. The van der Waals surface area contributed by atoms with Gasteiger partial charge < -0.3 is 10.6 Å². The first-order valence-corrected chi connectivity index (χ1v) is 6.16. The van der Waals surface area contributed by atoms with Gasteiger partial charge in [0.15, 0.2) is 0 Å². The SMILES string of the molecule is CC1=C(C#N)C(N)N(c2ccccc2)C(=S)C1C#N. The highest BCUT2D eigenvalue weighted by Crippen LogP contribution is 2.31.